The normalized spacial score (nSPS) is 16.5. The van der Waals surface area contributed by atoms with Crippen LogP contribution in [0.4, 0.5) is 0 Å². The Morgan fingerprint density at radius 1 is 1.21 bits per heavy atom. The Kier molecular flexibility index (Phi) is 3.78. The van der Waals surface area contributed by atoms with E-state index in [-0.39, 0.29) is 16.1 Å². The number of para-hydroxylation sites is 1. The van der Waals surface area contributed by atoms with Crippen molar-refractivity contribution in [1.82, 2.24) is 5.16 Å². The van der Waals surface area contributed by atoms with Crippen LogP contribution >= 0.6 is 15.9 Å². The third kappa shape index (κ3) is 2.55. The summed E-state index contributed by atoms with van der Waals surface area (Å²) in [6, 6.07) is 11.1. The molecule has 2 aromatic carbocycles. The Hall–Kier alpha value is -2.16. The summed E-state index contributed by atoms with van der Waals surface area (Å²) >= 11 is 3.54. The van der Waals surface area contributed by atoms with Gasteiger partial charge in [0.25, 0.3) is 0 Å². The summed E-state index contributed by atoms with van der Waals surface area (Å²) in [5, 5.41) is 9.69. The van der Waals surface area contributed by atoms with Gasteiger partial charge in [0.1, 0.15) is 16.3 Å². The highest BCUT2D eigenvalue weighted by Gasteiger charge is 2.50. The zero-order valence-electron chi connectivity index (χ0n) is 15.0. The zero-order chi connectivity index (χ0) is 19.7. The lowest BCUT2D eigenvalue weighted by molar-refractivity contribution is 0.402. The van der Waals surface area contributed by atoms with Crippen molar-refractivity contribution in [3.63, 3.8) is 0 Å². The highest BCUT2D eigenvalue weighted by atomic mass is 79.9. The van der Waals surface area contributed by atoms with Crippen LogP contribution in [-0.2, 0) is 21.9 Å². The number of primary sulfonamides is 1. The van der Waals surface area contributed by atoms with Crippen molar-refractivity contribution >= 4 is 26.0 Å². The molecule has 3 aromatic rings. The van der Waals surface area contributed by atoms with E-state index < -0.39 is 10.0 Å². The minimum Gasteiger partial charge on any atom is -0.495 e. The van der Waals surface area contributed by atoms with Crippen molar-refractivity contribution in [2.24, 2.45) is 5.14 Å². The number of nitrogens with two attached hydrogens (primary N) is 1. The number of sulfonamides is 1. The van der Waals surface area contributed by atoms with E-state index in [4.69, 9.17) is 14.4 Å². The summed E-state index contributed by atoms with van der Waals surface area (Å²) < 4.78 is 36.1. The molecule has 2 N–H and O–H groups in total. The van der Waals surface area contributed by atoms with Crippen LogP contribution in [-0.4, -0.2) is 20.7 Å². The first-order chi connectivity index (χ1) is 13.3. The van der Waals surface area contributed by atoms with Crippen molar-refractivity contribution < 1.29 is 17.7 Å². The van der Waals surface area contributed by atoms with Crippen LogP contribution < -0.4 is 9.88 Å². The lowest BCUT2D eigenvalue weighted by Gasteiger charge is -2.24. The van der Waals surface area contributed by atoms with E-state index in [1.165, 1.54) is 18.7 Å². The predicted molar refractivity (Wildman–Crippen MR) is 108 cm³/mol. The summed E-state index contributed by atoms with van der Waals surface area (Å²) in [4.78, 5) is -0.0654. The molecule has 1 saturated carbocycles. The van der Waals surface area contributed by atoms with Crippen molar-refractivity contribution in [3.05, 3.63) is 52.0 Å². The second-order valence-corrected chi connectivity index (χ2v) is 9.81. The predicted octanol–water partition coefficient (Wildman–Crippen LogP) is 4.01. The Labute approximate surface area is 170 Å². The first-order valence-electron chi connectivity index (χ1n) is 8.83. The highest BCUT2D eigenvalue weighted by Crippen LogP contribution is 2.59. The van der Waals surface area contributed by atoms with Crippen LogP contribution in [0.15, 0.2) is 50.3 Å². The number of rotatable bonds is 3. The monoisotopic (exact) mass is 460 g/mol. The third-order valence-corrected chi connectivity index (χ3v) is 7.13. The third-order valence-electron chi connectivity index (χ3n) is 5.70. The molecule has 6 nitrogen and oxygen atoms in total. The summed E-state index contributed by atoms with van der Waals surface area (Å²) in [5.41, 5.74) is 4.58. The summed E-state index contributed by atoms with van der Waals surface area (Å²) in [6.07, 6.45) is 3.03. The largest absolute Gasteiger partial charge is 0.495 e. The standard InChI is InChI=1S/C20H17BrN2O4S/c1-26-19-12(3-2-4-16(19)28(22,24)25)17-14-10-20(7-8-20)15-6-5-11(21)9-13(15)18(14)27-23-17/h2-6,9H,7-8,10H2,1H3,(H2,22,24,25). The molecule has 144 valence electrons. The fourth-order valence-electron chi connectivity index (χ4n) is 4.23. The quantitative estimate of drug-likeness (QED) is 0.636. The van der Waals surface area contributed by atoms with Gasteiger partial charge in [-0.05, 0) is 49.1 Å². The molecule has 0 bridgehead atoms. The molecule has 1 fully saturated rings. The fraction of sp³-hybridized carbons (Fsp3) is 0.250. The zero-order valence-corrected chi connectivity index (χ0v) is 17.4. The molecule has 1 heterocycles. The van der Waals surface area contributed by atoms with Gasteiger partial charge in [-0.25, -0.2) is 13.6 Å². The number of hydrogen-bond donors (Lipinski definition) is 1. The summed E-state index contributed by atoms with van der Waals surface area (Å²) in [6.45, 7) is 0. The van der Waals surface area contributed by atoms with Crippen molar-refractivity contribution in [2.45, 2.75) is 29.6 Å². The average molecular weight is 461 g/mol. The number of halogens is 1. The molecular formula is C20H17BrN2O4S. The van der Waals surface area contributed by atoms with Gasteiger partial charge in [-0.2, -0.15) is 0 Å². The smallest absolute Gasteiger partial charge is 0.241 e. The second-order valence-electron chi connectivity index (χ2n) is 7.37. The lowest BCUT2D eigenvalue weighted by Crippen LogP contribution is -2.17. The maximum Gasteiger partial charge on any atom is 0.241 e. The van der Waals surface area contributed by atoms with Crippen LogP contribution in [0.2, 0.25) is 0 Å². The molecule has 0 unspecified atom stereocenters. The Bertz CT molecular complexity index is 1230. The maximum absolute atomic E-state index is 12.0. The van der Waals surface area contributed by atoms with E-state index in [0.29, 0.717) is 11.3 Å². The number of ether oxygens (including phenoxy) is 1. The van der Waals surface area contributed by atoms with E-state index in [2.05, 4.69) is 39.3 Å². The molecule has 0 aliphatic heterocycles. The van der Waals surface area contributed by atoms with Gasteiger partial charge in [-0.1, -0.05) is 33.2 Å². The molecule has 0 atom stereocenters. The molecule has 1 spiro atoms. The van der Waals surface area contributed by atoms with Gasteiger partial charge in [0.05, 0.1) is 7.11 Å². The molecule has 0 amide bonds. The van der Waals surface area contributed by atoms with Crippen LogP contribution in [0.1, 0.15) is 24.0 Å². The van der Waals surface area contributed by atoms with Crippen LogP contribution in [0.25, 0.3) is 22.6 Å². The number of hydrogen-bond acceptors (Lipinski definition) is 5. The van der Waals surface area contributed by atoms with E-state index in [1.54, 1.807) is 12.1 Å². The van der Waals surface area contributed by atoms with E-state index in [1.807, 2.05) is 0 Å². The van der Waals surface area contributed by atoms with Crippen molar-refractivity contribution in [3.8, 4) is 28.3 Å². The Balaban J connectivity index is 1.75. The summed E-state index contributed by atoms with van der Waals surface area (Å²) in [7, 11) is -2.51. The number of aromatic nitrogens is 1. The topological polar surface area (TPSA) is 95.4 Å². The first kappa shape index (κ1) is 17.9. The van der Waals surface area contributed by atoms with Gasteiger partial charge in [-0.15, -0.1) is 0 Å². The fourth-order valence-corrected chi connectivity index (χ4v) is 5.31. The number of nitrogens with zero attached hydrogens (tertiary/aromatic N) is 1. The van der Waals surface area contributed by atoms with E-state index >= 15 is 0 Å². The number of methoxy groups -OCH3 is 1. The van der Waals surface area contributed by atoms with Gasteiger partial charge in [0.15, 0.2) is 5.76 Å². The van der Waals surface area contributed by atoms with Gasteiger partial charge in [-0.3, -0.25) is 0 Å². The Morgan fingerprint density at radius 3 is 2.68 bits per heavy atom. The van der Waals surface area contributed by atoms with E-state index in [9.17, 15) is 8.42 Å². The molecule has 2 aliphatic carbocycles. The minimum absolute atomic E-state index is 0.0654. The molecule has 0 radical (unpaired) electrons. The lowest BCUT2D eigenvalue weighted by atomic mass is 9.78. The molecule has 8 heteroatoms. The molecule has 1 aromatic heterocycles. The molecule has 0 saturated heterocycles. The molecule has 2 aliphatic rings. The minimum atomic E-state index is -3.93. The number of benzene rings is 2. The maximum atomic E-state index is 12.0. The van der Waals surface area contributed by atoms with Crippen LogP contribution in [0.3, 0.4) is 0 Å². The Morgan fingerprint density at radius 2 is 2.00 bits per heavy atom. The highest BCUT2D eigenvalue weighted by molar-refractivity contribution is 9.10. The van der Waals surface area contributed by atoms with Crippen molar-refractivity contribution in [2.75, 3.05) is 7.11 Å². The van der Waals surface area contributed by atoms with Crippen molar-refractivity contribution in [1.29, 1.82) is 0 Å². The van der Waals surface area contributed by atoms with E-state index in [0.717, 1.165) is 40.6 Å². The molecule has 28 heavy (non-hydrogen) atoms. The van der Waals surface area contributed by atoms with Gasteiger partial charge < -0.3 is 9.26 Å². The summed E-state index contributed by atoms with van der Waals surface area (Å²) in [5.74, 6) is 0.915. The number of fused-ring (bicyclic) bond motifs is 4. The second kappa shape index (κ2) is 5.92. The van der Waals surface area contributed by atoms with Crippen LogP contribution in [0.5, 0.6) is 5.75 Å². The van der Waals surface area contributed by atoms with Crippen LogP contribution in [0, 0.1) is 0 Å². The molecule has 5 rings (SSSR count). The SMILES string of the molecule is COc1c(-c2noc3c2CC2(CC2)c2ccc(Br)cc2-3)cccc1S(N)(=O)=O. The van der Waals surface area contributed by atoms with Gasteiger partial charge in [0, 0.05) is 26.6 Å². The average Bonchev–Trinajstić information content (AvgIpc) is 3.29. The van der Waals surface area contributed by atoms with Gasteiger partial charge >= 0.3 is 0 Å². The first-order valence-corrected chi connectivity index (χ1v) is 11.2. The van der Waals surface area contributed by atoms with Gasteiger partial charge in [0.2, 0.25) is 10.0 Å². The molecular weight excluding hydrogens is 444 g/mol.